The Morgan fingerprint density at radius 2 is 1.73 bits per heavy atom. The Bertz CT molecular complexity index is 1040. The molecule has 0 radical (unpaired) electrons. The predicted octanol–water partition coefficient (Wildman–Crippen LogP) is 1.91. The number of nitrogens with two attached hydrogens (primary N) is 1. The lowest BCUT2D eigenvalue weighted by molar-refractivity contribution is -0.137. The number of methoxy groups -OCH3 is 2. The van der Waals surface area contributed by atoms with E-state index in [0.717, 1.165) is 31.9 Å². The highest BCUT2D eigenvalue weighted by molar-refractivity contribution is 6.01. The highest BCUT2D eigenvalue weighted by atomic mass is 16.5. The summed E-state index contributed by atoms with van der Waals surface area (Å²) < 4.78 is 17.1. The van der Waals surface area contributed by atoms with Crippen molar-refractivity contribution in [3.8, 4) is 17.2 Å². The van der Waals surface area contributed by atoms with E-state index in [1.54, 1.807) is 52.6 Å². The molecule has 3 N–H and O–H groups in total. The first-order valence-corrected chi connectivity index (χ1v) is 10.9. The number of piperazine rings is 1. The van der Waals surface area contributed by atoms with Crippen LogP contribution in [-0.2, 0) is 10.5 Å². The topological polar surface area (TPSA) is 102 Å². The fraction of sp³-hybridized carbons (Fsp3) is 0.417. The predicted molar refractivity (Wildman–Crippen MR) is 127 cm³/mol. The molecule has 1 saturated heterocycles. The van der Waals surface area contributed by atoms with Gasteiger partial charge in [-0.15, -0.1) is 0 Å². The van der Waals surface area contributed by atoms with Gasteiger partial charge in [0, 0.05) is 37.8 Å². The van der Waals surface area contributed by atoms with Crippen LogP contribution in [0.1, 0.15) is 19.4 Å². The number of ether oxygens (including phenoxy) is 3. The number of nitrogens with one attached hydrogen (secondary N) is 1. The average Bonchev–Trinajstić information content (AvgIpc) is 2.84. The largest absolute Gasteiger partial charge is 0.493 e. The van der Waals surface area contributed by atoms with Crippen LogP contribution in [0.5, 0.6) is 17.2 Å². The number of nitrogens with zero attached hydrogens (tertiary/aromatic N) is 3. The van der Waals surface area contributed by atoms with Crippen molar-refractivity contribution < 1.29 is 19.0 Å². The number of carbonyl (C=O) groups excluding carboxylic acids is 1. The van der Waals surface area contributed by atoms with Crippen LogP contribution in [0.2, 0.25) is 0 Å². The van der Waals surface area contributed by atoms with Gasteiger partial charge >= 0.3 is 0 Å². The number of hydrogen-bond acceptors (Lipinski definition) is 9. The van der Waals surface area contributed by atoms with Crippen molar-refractivity contribution in [2.45, 2.75) is 25.1 Å². The summed E-state index contributed by atoms with van der Waals surface area (Å²) in [6, 6.07) is 12.8. The first-order chi connectivity index (χ1) is 15.8. The van der Waals surface area contributed by atoms with E-state index >= 15 is 0 Å². The first-order valence-electron chi connectivity index (χ1n) is 10.9. The van der Waals surface area contributed by atoms with Crippen LogP contribution in [0.25, 0.3) is 0 Å². The molecule has 1 atom stereocenters. The number of carbonyl (C=O) groups is 1. The molecule has 2 aliphatic heterocycles. The van der Waals surface area contributed by atoms with Crippen molar-refractivity contribution in [3.63, 3.8) is 0 Å². The number of fused-ring (bicyclic) bond motifs is 1. The van der Waals surface area contributed by atoms with Crippen molar-refractivity contribution in [2.75, 3.05) is 45.4 Å². The van der Waals surface area contributed by atoms with Crippen molar-refractivity contribution in [2.24, 2.45) is 10.7 Å². The standard InChI is InChI=1S/C24H31N5O4/c1-23(2,33-17-8-6-5-7-9-17)22(30)24(25)18-14-20(31-3)21(32-4)15-19(18)29(16-27-24)28-12-10-26-11-13-28/h5-9,14-16,26H,10-13,25H2,1-4H3. The van der Waals surface area contributed by atoms with Gasteiger partial charge in [-0.3, -0.25) is 15.5 Å². The van der Waals surface area contributed by atoms with Gasteiger partial charge in [0.1, 0.15) is 12.1 Å². The van der Waals surface area contributed by atoms with Crippen LogP contribution >= 0.6 is 0 Å². The maximum Gasteiger partial charge on any atom is 0.222 e. The Labute approximate surface area is 194 Å². The summed E-state index contributed by atoms with van der Waals surface area (Å²) in [5.41, 5.74) is 5.11. The van der Waals surface area contributed by atoms with E-state index in [9.17, 15) is 4.79 Å². The lowest BCUT2D eigenvalue weighted by Crippen LogP contribution is -2.59. The molecule has 0 aliphatic carbocycles. The zero-order valence-electron chi connectivity index (χ0n) is 19.5. The number of ketones is 1. The smallest absolute Gasteiger partial charge is 0.222 e. The van der Waals surface area contributed by atoms with E-state index in [1.165, 1.54) is 0 Å². The number of Topliss-reactive ketones (excluding diaryl/α,β-unsaturated/α-hetero) is 1. The van der Waals surface area contributed by atoms with Crippen LogP contribution in [0.4, 0.5) is 5.69 Å². The highest BCUT2D eigenvalue weighted by Gasteiger charge is 2.50. The fourth-order valence-electron chi connectivity index (χ4n) is 4.20. The summed E-state index contributed by atoms with van der Waals surface area (Å²) in [6.45, 7) is 6.67. The summed E-state index contributed by atoms with van der Waals surface area (Å²) >= 11 is 0. The van der Waals surface area contributed by atoms with Gasteiger partial charge in [-0.2, -0.15) is 0 Å². The van der Waals surface area contributed by atoms with E-state index in [0.29, 0.717) is 22.8 Å². The fourth-order valence-corrected chi connectivity index (χ4v) is 4.20. The molecule has 1 unspecified atom stereocenters. The molecule has 2 heterocycles. The van der Waals surface area contributed by atoms with Gasteiger partial charge in [0.25, 0.3) is 0 Å². The molecule has 1 fully saturated rings. The van der Waals surface area contributed by atoms with Gasteiger partial charge in [-0.05, 0) is 32.0 Å². The third-order valence-electron chi connectivity index (χ3n) is 5.94. The third kappa shape index (κ3) is 4.27. The molecule has 9 heteroatoms. The maximum absolute atomic E-state index is 13.9. The molecule has 4 rings (SSSR count). The number of benzene rings is 2. The summed E-state index contributed by atoms with van der Waals surface area (Å²) in [5.74, 6) is 1.22. The second kappa shape index (κ2) is 9.01. The maximum atomic E-state index is 13.9. The molecule has 2 aromatic rings. The minimum atomic E-state index is -1.67. The summed E-state index contributed by atoms with van der Waals surface area (Å²) in [4.78, 5) is 18.5. The lowest BCUT2D eigenvalue weighted by atomic mass is 9.85. The minimum absolute atomic E-state index is 0.372. The SMILES string of the molecule is COc1cc2c(cc1OC)C(N)(C(=O)C(C)(C)Oc1ccccc1)N=CN2N1CCNCC1. The van der Waals surface area contributed by atoms with E-state index in [2.05, 4.69) is 15.3 Å². The molecular formula is C24H31N5O4. The second-order valence-corrected chi connectivity index (χ2v) is 8.54. The van der Waals surface area contributed by atoms with Crippen LogP contribution < -0.4 is 30.3 Å². The van der Waals surface area contributed by atoms with Crippen LogP contribution in [0, 0.1) is 0 Å². The Balaban J connectivity index is 1.78. The summed E-state index contributed by atoms with van der Waals surface area (Å²) in [7, 11) is 3.13. The number of rotatable bonds is 7. The summed E-state index contributed by atoms with van der Waals surface area (Å²) in [5, 5.41) is 7.43. The molecule has 2 aromatic carbocycles. The van der Waals surface area contributed by atoms with Gasteiger partial charge in [0.15, 0.2) is 17.1 Å². The normalized spacial score (nSPS) is 20.8. The first kappa shape index (κ1) is 23.0. The lowest BCUT2D eigenvalue weighted by Gasteiger charge is -2.43. The Morgan fingerprint density at radius 1 is 1.09 bits per heavy atom. The number of anilines is 1. The Hall–Kier alpha value is -3.14. The molecule has 0 bridgehead atoms. The zero-order chi connectivity index (χ0) is 23.6. The Kier molecular flexibility index (Phi) is 6.29. The monoisotopic (exact) mass is 453 g/mol. The molecule has 2 aliphatic rings. The van der Waals surface area contributed by atoms with Crippen LogP contribution in [0.3, 0.4) is 0 Å². The van der Waals surface area contributed by atoms with Crippen molar-refractivity contribution in [3.05, 3.63) is 48.0 Å². The van der Waals surface area contributed by atoms with Gasteiger partial charge in [0.2, 0.25) is 11.4 Å². The van der Waals surface area contributed by atoms with Gasteiger partial charge in [0.05, 0.1) is 19.9 Å². The van der Waals surface area contributed by atoms with E-state index in [-0.39, 0.29) is 5.78 Å². The third-order valence-corrected chi connectivity index (χ3v) is 5.94. The van der Waals surface area contributed by atoms with Crippen molar-refractivity contribution in [1.29, 1.82) is 0 Å². The number of hydrogen-bond donors (Lipinski definition) is 2. The molecule has 0 saturated carbocycles. The van der Waals surface area contributed by atoms with Gasteiger partial charge < -0.3 is 19.5 Å². The van der Waals surface area contributed by atoms with E-state index in [1.807, 2.05) is 29.3 Å². The molecule has 176 valence electrons. The number of hydrazine groups is 1. The van der Waals surface area contributed by atoms with Gasteiger partial charge in [-0.25, -0.2) is 10.0 Å². The molecule has 33 heavy (non-hydrogen) atoms. The van der Waals surface area contributed by atoms with Crippen LogP contribution in [-0.4, -0.2) is 63.1 Å². The van der Waals surface area contributed by atoms with Crippen LogP contribution in [0.15, 0.2) is 47.5 Å². The second-order valence-electron chi connectivity index (χ2n) is 8.54. The van der Waals surface area contributed by atoms with Crippen molar-refractivity contribution >= 4 is 17.8 Å². The Morgan fingerprint density at radius 3 is 2.36 bits per heavy atom. The number of aliphatic imine (C=N–C) groups is 1. The zero-order valence-corrected chi connectivity index (χ0v) is 19.5. The molecule has 0 aromatic heterocycles. The average molecular weight is 454 g/mol. The van der Waals surface area contributed by atoms with Gasteiger partial charge in [-0.1, -0.05) is 18.2 Å². The molecular weight excluding hydrogens is 422 g/mol. The van der Waals surface area contributed by atoms with E-state index < -0.39 is 11.3 Å². The van der Waals surface area contributed by atoms with Crippen molar-refractivity contribution in [1.82, 2.24) is 10.3 Å². The molecule has 0 spiro atoms. The number of para-hydroxylation sites is 1. The molecule has 9 nitrogen and oxygen atoms in total. The highest BCUT2D eigenvalue weighted by Crippen LogP contribution is 2.43. The summed E-state index contributed by atoms with van der Waals surface area (Å²) in [6.07, 6.45) is 1.62. The quantitative estimate of drug-likeness (QED) is 0.656. The minimum Gasteiger partial charge on any atom is -0.493 e. The molecule has 0 amide bonds. The van der Waals surface area contributed by atoms with E-state index in [4.69, 9.17) is 19.9 Å².